The summed E-state index contributed by atoms with van der Waals surface area (Å²) in [4.78, 5) is 39.2. The Morgan fingerprint density at radius 3 is 2.57 bits per heavy atom. The number of halogens is 3. The lowest BCUT2D eigenvalue weighted by atomic mass is 10.1. The standard InChI is InChI=1S/C18H12F3N7O2/c19-18(20,21)16-23-5-8(6-24-16)9-3-10(9)11-4-13(27-28-2-1-22-14(11)28)12-7-25-17(30)26-15(12)29/h1-2,4-7,9-10H,3H2,(H2,25,26,29,30)/t9-,10+/m0/s1. The summed E-state index contributed by atoms with van der Waals surface area (Å²) in [6, 6.07) is 1.71. The Labute approximate surface area is 164 Å². The topological polar surface area (TPSA) is 122 Å². The molecule has 2 atom stereocenters. The second-order valence-electron chi connectivity index (χ2n) is 6.95. The molecule has 2 N–H and O–H groups in total. The number of H-pyrrole nitrogens is 2. The molecular weight excluding hydrogens is 403 g/mol. The molecule has 0 saturated heterocycles. The number of hydrogen-bond donors (Lipinski definition) is 2. The Kier molecular flexibility index (Phi) is 3.85. The van der Waals surface area contributed by atoms with Crippen molar-refractivity contribution in [3.8, 4) is 11.3 Å². The minimum Gasteiger partial charge on any atom is -0.313 e. The minimum absolute atomic E-state index is 0.0428. The summed E-state index contributed by atoms with van der Waals surface area (Å²) in [5, 5.41) is 4.37. The van der Waals surface area contributed by atoms with E-state index in [1.165, 1.54) is 23.1 Å². The van der Waals surface area contributed by atoms with Gasteiger partial charge in [-0.05, 0) is 29.9 Å². The number of hydrogen-bond acceptors (Lipinski definition) is 6. The van der Waals surface area contributed by atoms with E-state index in [0.717, 1.165) is 5.56 Å². The van der Waals surface area contributed by atoms with E-state index < -0.39 is 23.2 Å². The fourth-order valence-electron chi connectivity index (χ4n) is 3.53. The number of nitrogens with zero attached hydrogens (tertiary/aromatic N) is 5. The Morgan fingerprint density at radius 2 is 1.87 bits per heavy atom. The highest BCUT2D eigenvalue weighted by atomic mass is 19.4. The molecule has 4 aromatic rings. The molecule has 1 aliphatic carbocycles. The monoisotopic (exact) mass is 415 g/mol. The maximum atomic E-state index is 12.7. The van der Waals surface area contributed by atoms with Gasteiger partial charge in [-0.2, -0.15) is 18.3 Å². The predicted octanol–water partition coefficient (Wildman–Crippen LogP) is 1.85. The van der Waals surface area contributed by atoms with E-state index in [-0.39, 0.29) is 17.4 Å². The molecule has 0 spiro atoms. The molecule has 0 unspecified atom stereocenters. The van der Waals surface area contributed by atoms with Gasteiger partial charge < -0.3 is 4.98 Å². The maximum Gasteiger partial charge on any atom is 0.451 e. The zero-order valence-electron chi connectivity index (χ0n) is 15.0. The molecule has 9 nitrogen and oxygen atoms in total. The predicted molar refractivity (Wildman–Crippen MR) is 96.8 cm³/mol. The van der Waals surface area contributed by atoms with E-state index in [1.807, 2.05) is 0 Å². The number of aromatic nitrogens is 7. The fourth-order valence-corrected chi connectivity index (χ4v) is 3.53. The van der Waals surface area contributed by atoms with Crippen molar-refractivity contribution in [2.24, 2.45) is 0 Å². The molecule has 0 amide bonds. The first-order valence-electron chi connectivity index (χ1n) is 8.87. The number of aromatic amines is 2. The third-order valence-electron chi connectivity index (χ3n) is 5.03. The van der Waals surface area contributed by atoms with Crippen molar-refractivity contribution in [3.05, 3.63) is 74.8 Å². The zero-order valence-corrected chi connectivity index (χ0v) is 15.0. The Bertz CT molecular complexity index is 1370. The molecule has 5 rings (SSSR count). The van der Waals surface area contributed by atoms with Crippen LogP contribution in [0.25, 0.3) is 16.9 Å². The van der Waals surface area contributed by atoms with Gasteiger partial charge in [0, 0.05) is 36.5 Å². The van der Waals surface area contributed by atoms with Crippen molar-refractivity contribution in [2.45, 2.75) is 24.4 Å². The number of imidazole rings is 1. The first kappa shape index (κ1) is 18.2. The van der Waals surface area contributed by atoms with Crippen LogP contribution >= 0.6 is 0 Å². The summed E-state index contributed by atoms with van der Waals surface area (Å²) in [6.07, 6.45) is 2.93. The molecule has 4 heterocycles. The molecule has 0 radical (unpaired) electrons. The van der Waals surface area contributed by atoms with Crippen LogP contribution in [0, 0.1) is 0 Å². The Hall–Kier alpha value is -3.83. The van der Waals surface area contributed by atoms with Crippen molar-refractivity contribution < 1.29 is 13.2 Å². The smallest absolute Gasteiger partial charge is 0.313 e. The van der Waals surface area contributed by atoms with Crippen LogP contribution in [0.4, 0.5) is 13.2 Å². The van der Waals surface area contributed by atoms with Crippen molar-refractivity contribution in [2.75, 3.05) is 0 Å². The van der Waals surface area contributed by atoms with Gasteiger partial charge in [-0.15, -0.1) is 0 Å². The minimum atomic E-state index is -4.59. The third kappa shape index (κ3) is 3.06. The van der Waals surface area contributed by atoms with Crippen LogP contribution in [0.1, 0.15) is 35.2 Å². The van der Waals surface area contributed by atoms with Crippen molar-refractivity contribution in [1.82, 2.24) is 34.5 Å². The second-order valence-corrected chi connectivity index (χ2v) is 6.95. The summed E-state index contributed by atoms with van der Waals surface area (Å²) in [5.74, 6) is -1.29. The van der Waals surface area contributed by atoms with E-state index in [9.17, 15) is 22.8 Å². The van der Waals surface area contributed by atoms with Gasteiger partial charge in [0.1, 0.15) is 0 Å². The normalized spacial score (nSPS) is 18.6. The number of alkyl halides is 3. The quantitative estimate of drug-likeness (QED) is 0.527. The molecule has 0 aromatic carbocycles. The molecule has 4 aromatic heterocycles. The van der Waals surface area contributed by atoms with E-state index in [0.29, 0.717) is 23.3 Å². The van der Waals surface area contributed by atoms with Crippen LogP contribution in [0.5, 0.6) is 0 Å². The van der Waals surface area contributed by atoms with Gasteiger partial charge in [0.25, 0.3) is 5.56 Å². The summed E-state index contributed by atoms with van der Waals surface area (Å²) in [5.41, 5.74) is 1.28. The van der Waals surface area contributed by atoms with Gasteiger partial charge in [0.15, 0.2) is 5.65 Å². The highest BCUT2D eigenvalue weighted by Crippen LogP contribution is 2.55. The largest absolute Gasteiger partial charge is 0.451 e. The molecule has 1 aliphatic rings. The summed E-state index contributed by atoms with van der Waals surface area (Å²) >= 11 is 0. The molecule has 1 saturated carbocycles. The van der Waals surface area contributed by atoms with E-state index >= 15 is 0 Å². The van der Waals surface area contributed by atoms with Gasteiger partial charge >= 0.3 is 11.9 Å². The van der Waals surface area contributed by atoms with Crippen LogP contribution in [-0.4, -0.2) is 34.5 Å². The van der Waals surface area contributed by atoms with Gasteiger partial charge in [0.05, 0.1) is 11.3 Å². The molecule has 30 heavy (non-hydrogen) atoms. The lowest BCUT2D eigenvalue weighted by Gasteiger charge is -2.08. The van der Waals surface area contributed by atoms with Gasteiger partial charge in [0.2, 0.25) is 5.82 Å². The number of fused-ring (bicyclic) bond motifs is 1. The molecule has 0 aliphatic heterocycles. The van der Waals surface area contributed by atoms with Crippen LogP contribution in [0.15, 0.2) is 46.6 Å². The summed E-state index contributed by atoms with van der Waals surface area (Å²) < 4.78 is 39.6. The molecule has 12 heteroatoms. The highest BCUT2D eigenvalue weighted by Gasteiger charge is 2.42. The second kappa shape index (κ2) is 6.34. The fraction of sp³-hybridized carbons (Fsp3) is 0.222. The molecule has 152 valence electrons. The Morgan fingerprint density at radius 1 is 1.10 bits per heavy atom. The first-order valence-corrected chi connectivity index (χ1v) is 8.87. The summed E-state index contributed by atoms with van der Waals surface area (Å²) in [7, 11) is 0. The summed E-state index contributed by atoms with van der Waals surface area (Å²) in [6.45, 7) is 0. The van der Waals surface area contributed by atoms with E-state index in [2.05, 4.69) is 30.0 Å². The van der Waals surface area contributed by atoms with Crippen molar-refractivity contribution in [1.29, 1.82) is 0 Å². The average molecular weight is 415 g/mol. The van der Waals surface area contributed by atoms with Crippen LogP contribution in [0.3, 0.4) is 0 Å². The van der Waals surface area contributed by atoms with Crippen molar-refractivity contribution in [3.63, 3.8) is 0 Å². The number of nitrogens with one attached hydrogen (secondary N) is 2. The molecule has 1 fully saturated rings. The first-order chi connectivity index (χ1) is 14.3. The maximum absolute atomic E-state index is 12.7. The molecule has 0 bridgehead atoms. The Balaban J connectivity index is 1.53. The number of rotatable bonds is 3. The van der Waals surface area contributed by atoms with Gasteiger partial charge in [-0.1, -0.05) is 0 Å². The average Bonchev–Trinajstić information content (AvgIpc) is 3.35. The highest BCUT2D eigenvalue weighted by molar-refractivity contribution is 5.63. The zero-order chi connectivity index (χ0) is 21.0. The third-order valence-corrected chi connectivity index (χ3v) is 5.03. The van der Waals surface area contributed by atoms with Crippen molar-refractivity contribution >= 4 is 5.65 Å². The van der Waals surface area contributed by atoms with Crippen LogP contribution in [0.2, 0.25) is 0 Å². The van der Waals surface area contributed by atoms with E-state index in [1.54, 1.807) is 18.5 Å². The van der Waals surface area contributed by atoms with E-state index in [4.69, 9.17) is 0 Å². The lowest BCUT2D eigenvalue weighted by Crippen LogP contribution is -2.23. The van der Waals surface area contributed by atoms with Gasteiger partial charge in [-0.3, -0.25) is 9.78 Å². The lowest BCUT2D eigenvalue weighted by molar-refractivity contribution is -0.145. The van der Waals surface area contributed by atoms with Gasteiger partial charge in [-0.25, -0.2) is 24.3 Å². The SMILES string of the molecule is O=c1[nH]cc(-c2cc([C@@H]3C[C@H]3c3cnc(C(F)(F)F)nc3)c3nccn3n2)c(=O)[nH]1. The molecular formula is C18H12F3N7O2. The van der Waals surface area contributed by atoms with Crippen LogP contribution in [-0.2, 0) is 6.18 Å². The van der Waals surface area contributed by atoms with Crippen LogP contribution < -0.4 is 11.2 Å².